The molecule has 0 bridgehead atoms. The molecule has 2 aromatic rings. The van der Waals surface area contributed by atoms with E-state index in [1.807, 2.05) is 11.0 Å². The molecule has 1 amide bonds. The predicted molar refractivity (Wildman–Crippen MR) is 91.4 cm³/mol. The van der Waals surface area contributed by atoms with E-state index in [0.717, 1.165) is 30.0 Å². The van der Waals surface area contributed by atoms with Crippen LogP contribution in [0.3, 0.4) is 0 Å². The van der Waals surface area contributed by atoms with Crippen molar-refractivity contribution >= 4 is 29.7 Å². The number of carbonyl (C=O) groups is 1. The van der Waals surface area contributed by atoms with Gasteiger partial charge in [0.1, 0.15) is 16.5 Å². The lowest BCUT2D eigenvalue weighted by Gasteiger charge is -2.24. The topological polar surface area (TPSA) is 59.2 Å². The summed E-state index contributed by atoms with van der Waals surface area (Å²) in [5.41, 5.74) is 6.94. The number of aromatic nitrogens is 1. The molecule has 1 aliphatic rings. The largest absolute Gasteiger partial charge is 0.334 e. The summed E-state index contributed by atoms with van der Waals surface area (Å²) in [6, 6.07) is 6.69. The molecule has 0 spiro atoms. The molecule has 7 heteroatoms. The Hall–Kier alpha value is -1.50. The maximum absolute atomic E-state index is 13.3. The van der Waals surface area contributed by atoms with Gasteiger partial charge in [-0.25, -0.2) is 9.37 Å². The van der Waals surface area contributed by atoms with E-state index in [-0.39, 0.29) is 30.2 Å². The lowest BCUT2D eigenvalue weighted by Crippen LogP contribution is -2.37. The van der Waals surface area contributed by atoms with E-state index in [1.165, 1.54) is 23.5 Å². The summed E-state index contributed by atoms with van der Waals surface area (Å²) < 4.78 is 13.3. The Bertz CT molecular complexity index is 679. The highest BCUT2D eigenvalue weighted by atomic mass is 35.5. The smallest absolute Gasteiger partial charge is 0.273 e. The second-order valence-electron chi connectivity index (χ2n) is 5.46. The van der Waals surface area contributed by atoms with E-state index in [4.69, 9.17) is 5.73 Å². The van der Waals surface area contributed by atoms with Crippen LogP contribution >= 0.6 is 23.7 Å². The van der Waals surface area contributed by atoms with Crippen molar-refractivity contribution in [3.63, 3.8) is 0 Å². The van der Waals surface area contributed by atoms with E-state index >= 15 is 0 Å². The van der Waals surface area contributed by atoms with Crippen LogP contribution in [0.25, 0.3) is 0 Å². The number of amides is 1. The number of hydrogen-bond donors (Lipinski definition) is 1. The minimum Gasteiger partial charge on any atom is -0.334 e. The Labute approximate surface area is 144 Å². The van der Waals surface area contributed by atoms with Gasteiger partial charge in [0.2, 0.25) is 0 Å². The molecule has 2 heterocycles. The zero-order valence-corrected chi connectivity index (χ0v) is 14.2. The van der Waals surface area contributed by atoms with Gasteiger partial charge in [0.15, 0.2) is 0 Å². The number of likely N-dealkylation sites (tertiary alicyclic amines) is 1. The minimum absolute atomic E-state index is 0. The van der Waals surface area contributed by atoms with Crippen LogP contribution in [0.4, 0.5) is 4.39 Å². The number of thiazole rings is 1. The molecule has 1 aromatic heterocycles. The second kappa shape index (κ2) is 7.86. The molecule has 1 atom stereocenters. The van der Waals surface area contributed by atoms with Crippen molar-refractivity contribution in [2.75, 3.05) is 6.54 Å². The van der Waals surface area contributed by atoms with Gasteiger partial charge in [-0.3, -0.25) is 4.79 Å². The van der Waals surface area contributed by atoms with Crippen LogP contribution in [0.15, 0.2) is 29.6 Å². The molecular formula is C16H19ClFN3OS. The quantitative estimate of drug-likeness (QED) is 0.917. The third kappa shape index (κ3) is 4.07. The summed E-state index contributed by atoms with van der Waals surface area (Å²) in [6.07, 6.45) is 2.59. The monoisotopic (exact) mass is 355 g/mol. The van der Waals surface area contributed by atoms with Crippen LogP contribution in [0.5, 0.6) is 0 Å². The summed E-state index contributed by atoms with van der Waals surface area (Å²) in [4.78, 5) is 18.7. The van der Waals surface area contributed by atoms with Crippen LogP contribution in [-0.2, 0) is 13.0 Å². The zero-order valence-electron chi connectivity index (χ0n) is 12.6. The van der Waals surface area contributed by atoms with E-state index in [1.54, 1.807) is 11.4 Å². The summed E-state index contributed by atoms with van der Waals surface area (Å²) in [5.74, 6) is -0.282. The number of halogens is 2. The van der Waals surface area contributed by atoms with Crippen molar-refractivity contribution < 1.29 is 9.18 Å². The molecule has 1 saturated heterocycles. The molecule has 124 valence electrons. The molecule has 3 rings (SSSR count). The molecule has 1 aromatic carbocycles. The SMILES string of the molecule is Cl.NCc1nc(C(=O)N2CCCC2Cc2cccc(F)c2)cs1. The van der Waals surface area contributed by atoms with Gasteiger partial charge >= 0.3 is 0 Å². The Morgan fingerprint density at radius 3 is 3.00 bits per heavy atom. The summed E-state index contributed by atoms with van der Waals surface area (Å²) >= 11 is 1.41. The van der Waals surface area contributed by atoms with Crippen molar-refractivity contribution in [1.29, 1.82) is 0 Å². The van der Waals surface area contributed by atoms with Gasteiger partial charge in [0, 0.05) is 24.5 Å². The Morgan fingerprint density at radius 2 is 2.30 bits per heavy atom. The average Bonchev–Trinajstić information content (AvgIpc) is 3.15. The molecule has 23 heavy (non-hydrogen) atoms. The standard InChI is InChI=1S/C16H18FN3OS.ClH/c17-12-4-1-3-11(7-12)8-13-5-2-6-20(13)16(21)14-10-22-15(9-18)19-14;/h1,3-4,7,10,13H,2,5-6,8-9,18H2;1H. The highest BCUT2D eigenvalue weighted by molar-refractivity contribution is 7.09. The highest BCUT2D eigenvalue weighted by Gasteiger charge is 2.30. The fourth-order valence-electron chi connectivity index (χ4n) is 2.90. The van der Waals surface area contributed by atoms with Gasteiger partial charge in [0.25, 0.3) is 5.91 Å². The summed E-state index contributed by atoms with van der Waals surface area (Å²) in [7, 11) is 0. The van der Waals surface area contributed by atoms with Crippen molar-refractivity contribution in [1.82, 2.24) is 9.88 Å². The van der Waals surface area contributed by atoms with Crippen LogP contribution < -0.4 is 5.73 Å². The van der Waals surface area contributed by atoms with Crippen LogP contribution in [0.1, 0.15) is 33.9 Å². The van der Waals surface area contributed by atoms with Gasteiger partial charge in [-0.15, -0.1) is 23.7 Å². The number of rotatable bonds is 4. The van der Waals surface area contributed by atoms with Gasteiger partial charge in [-0.2, -0.15) is 0 Å². The molecule has 4 nitrogen and oxygen atoms in total. The van der Waals surface area contributed by atoms with Crippen molar-refractivity contribution in [2.45, 2.75) is 31.8 Å². The highest BCUT2D eigenvalue weighted by Crippen LogP contribution is 2.24. The molecule has 0 saturated carbocycles. The number of benzene rings is 1. The van der Waals surface area contributed by atoms with E-state index in [9.17, 15) is 9.18 Å². The van der Waals surface area contributed by atoms with Crippen molar-refractivity contribution in [3.05, 3.63) is 51.7 Å². The fourth-order valence-corrected chi connectivity index (χ4v) is 3.55. The van der Waals surface area contributed by atoms with Crippen LogP contribution in [-0.4, -0.2) is 28.4 Å². The molecule has 0 aliphatic carbocycles. The van der Waals surface area contributed by atoms with Gasteiger partial charge in [0.05, 0.1) is 0 Å². The first-order valence-corrected chi connectivity index (χ1v) is 8.25. The maximum Gasteiger partial charge on any atom is 0.273 e. The van der Waals surface area contributed by atoms with E-state index < -0.39 is 0 Å². The van der Waals surface area contributed by atoms with Crippen LogP contribution in [0, 0.1) is 5.82 Å². The first kappa shape index (κ1) is 17.8. The molecule has 1 aliphatic heterocycles. The Morgan fingerprint density at radius 1 is 1.48 bits per heavy atom. The molecule has 1 unspecified atom stereocenters. The lowest BCUT2D eigenvalue weighted by molar-refractivity contribution is 0.0731. The molecular weight excluding hydrogens is 337 g/mol. The fraction of sp³-hybridized carbons (Fsp3) is 0.375. The Balaban J connectivity index is 0.00000192. The summed E-state index contributed by atoms with van der Waals surface area (Å²) in [5, 5.41) is 2.53. The third-order valence-corrected chi connectivity index (χ3v) is 4.81. The van der Waals surface area contributed by atoms with Gasteiger partial charge in [-0.1, -0.05) is 12.1 Å². The number of nitrogens with two attached hydrogens (primary N) is 1. The van der Waals surface area contributed by atoms with Crippen LogP contribution in [0.2, 0.25) is 0 Å². The third-order valence-electron chi connectivity index (χ3n) is 3.94. The lowest BCUT2D eigenvalue weighted by atomic mass is 10.0. The maximum atomic E-state index is 13.3. The Kier molecular flexibility index (Phi) is 6.10. The zero-order chi connectivity index (χ0) is 15.5. The van der Waals surface area contributed by atoms with Gasteiger partial charge in [-0.05, 0) is 37.0 Å². The molecule has 0 radical (unpaired) electrons. The molecule has 1 fully saturated rings. The predicted octanol–water partition coefficient (Wildman–Crippen LogP) is 3.01. The van der Waals surface area contributed by atoms with E-state index in [0.29, 0.717) is 18.7 Å². The van der Waals surface area contributed by atoms with Crippen molar-refractivity contribution in [3.8, 4) is 0 Å². The first-order valence-electron chi connectivity index (χ1n) is 7.37. The average molecular weight is 356 g/mol. The van der Waals surface area contributed by atoms with Gasteiger partial charge < -0.3 is 10.6 Å². The normalized spacial score (nSPS) is 17.1. The number of carbonyl (C=O) groups excluding carboxylic acids is 1. The van der Waals surface area contributed by atoms with E-state index in [2.05, 4.69) is 4.98 Å². The first-order chi connectivity index (χ1) is 10.7. The second-order valence-corrected chi connectivity index (χ2v) is 6.40. The summed E-state index contributed by atoms with van der Waals surface area (Å²) in [6.45, 7) is 1.08. The number of nitrogens with zero attached hydrogens (tertiary/aromatic N) is 2. The van der Waals surface area contributed by atoms with Crippen molar-refractivity contribution in [2.24, 2.45) is 5.73 Å². The molecule has 2 N–H and O–H groups in total. The minimum atomic E-state index is -0.236. The number of hydrogen-bond acceptors (Lipinski definition) is 4.